The first-order valence-corrected chi connectivity index (χ1v) is 10.7. The smallest absolute Gasteiger partial charge is 0.255 e. The Morgan fingerprint density at radius 2 is 1.67 bits per heavy atom. The van der Waals surface area contributed by atoms with Crippen LogP contribution in [0.5, 0.6) is 0 Å². The Hall–Kier alpha value is -2.18. The van der Waals surface area contributed by atoms with Crippen molar-refractivity contribution < 1.29 is 13.2 Å². The Balaban J connectivity index is 1.89. The minimum Gasteiger partial charge on any atom is -0.322 e. The molecular weight excluding hydrogens is 360 g/mol. The Morgan fingerprint density at radius 1 is 0.963 bits per heavy atom. The van der Waals surface area contributed by atoms with E-state index >= 15 is 0 Å². The molecule has 0 bridgehead atoms. The van der Waals surface area contributed by atoms with E-state index in [-0.39, 0.29) is 10.8 Å². The van der Waals surface area contributed by atoms with Crippen LogP contribution in [-0.2, 0) is 10.0 Å². The maximum atomic E-state index is 12.9. The molecule has 2 aromatic carbocycles. The van der Waals surface area contributed by atoms with Gasteiger partial charge in [-0.3, -0.25) is 4.79 Å². The van der Waals surface area contributed by atoms with Gasteiger partial charge in [0, 0.05) is 24.3 Å². The van der Waals surface area contributed by atoms with Crippen LogP contribution < -0.4 is 5.32 Å². The van der Waals surface area contributed by atoms with Gasteiger partial charge < -0.3 is 5.32 Å². The van der Waals surface area contributed by atoms with Crippen molar-refractivity contribution in [2.24, 2.45) is 0 Å². The number of benzene rings is 2. The third-order valence-electron chi connectivity index (χ3n) is 5.26. The summed E-state index contributed by atoms with van der Waals surface area (Å²) in [7, 11) is -3.53. The van der Waals surface area contributed by atoms with E-state index in [9.17, 15) is 13.2 Å². The summed E-state index contributed by atoms with van der Waals surface area (Å²) in [6.45, 7) is 6.84. The molecule has 3 rings (SSSR count). The van der Waals surface area contributed by atoms with Gasteiger partial charge in [0.15, 0.2) is 0 Å². The number of hydrogen-bond donors (Lipinski definition) is 1. The monoisotopic (exact) mass is 386 g/mol. The first-order valence-electron chi connectivity index (χ1n) is 9.29. The van der Waals surface area contributed by atoms with Gasteiger partial charge in [-0.2, -0.15) is 4.31 Å². The quantitative estimate of drug-likeness (QED) is 0.862. The molecule has 5 nitrogen and oxygen atoms in total. The molecule has 6 heteroatoms. The minimum atomic E-state index is -3.53. The molecule has 1 saturated heterocycles. The maximum Gasteiger partial charge on any atom is 0.255 e. The summed E-state index contributed by atoms with van der Waals surface area (Å²) in [5.41, 5.74) is 3.91. The fourth-order valence-corrected chi connectivity index (χ4v) is 4.88. The second-order valence-electron chi connectivity index (χ2n) is 7.14. The predicted octanol–water partition coefficient (Wildman–Crippen LogP) is 4.04. The standard InChI is InChI=1S/C21H26N2O3S/c1-15-8-7-9-19(17(15)3)21(24)22-20-14-18(11-10-16(20)2)27(25,26)23-12-5-4-6-13-23/h7-11,14H,4-6,12-13H2,1-3H3,(H,22,24). The normalized spacial score (nSPS) is 15.5. The molecule has 1 aliphatic heterocycles. The van der Waals surface area contributed by atoms with Gasteiger partial charge in [0.2, 0.25) is 10.0 Å². The third kappa shape index (κ3) is 4.06. The van der Waals surface area contributed by atoms with E-state index in [0.29, 0.717) is 24.3 Å². The Bertz CT molecular complexity index is 961. The number of nitrogens with one attached hydrogen (secondary N) is 1. The number of nitrogens with zero attached hydrogens (tertiary/aromatic N) is 1. The van der Waals surface area contributed by atoms with E-state index in [1.165, 1.54) is 4.31 Å². The number of anilines is 1. The van der Waals surface area contributed by atoms with Gasteiger partial charge in [-0.05, 0) is 68.5 Å². The van der Waals surface area contributed by atoms with Gasteiger partial charge in [-0.1, -0.05) is 24.6 Å². The average molecular weight is 387 g/mol. The zero-order valence-corrected chi connectivity index (χ0v) is 16.9. The van der Waals surface area contributed by atoms with Gasteiger partial charge in [-0.25, -0.2) is 8.42 Å². The van der Waals surface area contributed by atoms with Crippen LogP contribution in [-0.4, -0.2) is 31.7 Å². The highest BCUT2D eigenvalue weighted by Crippen LogP contribution is 2.26. The molecule has 0 saturated carbocycles. The lowest BCUT2D eigenvalue weighted by atomic mass is 10.0. The fourth-order valence-electron chi connectivity index (χ4n) is 3.34. The second kappa shape index (κ2) is 7.82. The molecule has 0 spiro atoms. The van der Waals surface area contributed by atoms with E-state index in [1.807, 2.05) is 32.9 Å². The van der Waals surface area contributed by atoms with E-state index in [4.69, 9.17) is 0 Å². The number of rotatable bonds is 4. The lowest BCUT2D eigenvalue weighted by Gasteiger charge is -2.26. The van der Waals surface area contributed by atoms with Crippen molar-refractivity contribution in [2.45, 2.75) is 44.9 Å². The third-order valence-corrected chi connectivity index (χ3v) is 7.15. The second-order valence-corrected chi connectivity index (χ2v) is 9.08. The van der Waals surface area contributed by atoms with Crippen LogP contribution >= 0.6 is 0 Å². The molecule has 1 N–H and O–H groups in total. The zero-order valence-electron chi connectivity index (χ0n) is 16.1. The summed E-state index contributed by atoms with van der Waals surface area (Å²) in [5.74, 6) is -0.230. The largest absolute Gasteiger partial charge is 0.322 e. The van der Waals surface area contributed by atoms with Crippen molar-refractivity contribution in [1.29, 1.82) is 0 Å². The molecule has 1 heterocycles. The van der Waals surface area contributed by atoms with Gasteiger partial charge in [0.25, 0.3) is 5.91 Å². The van der Waals surface area contributed by atoms with Crippen molar-refractivity contribution in [3.63, 3.8) is 0 Å². The molecule has 144 valence electrons. The highest BCUT2D eigenvalue weighted by atomic mass is 32.2. The molecule has 27 heavy (non-hydrogen) atoms. The number of carbonyl (C=O) groups excluding carboxylic acids is 1. The number of hydrogen-bond acceptors (Lipinski definition) is 3. The highest BCUT2D eigenvalue weighted by molar-refractivity contribution is 7.89. The summed E-state index contributed by atoms with van der Waals surface area (Å²) in [6, 6.07) is 10.5. The Kier molecular flexibility index (Phi) is 5.67. The minimum absolute atomic E-state index is 0.228. The van der Waals surface area contributed by atoms with Crippen molar-refractivity contribution in [3.8, 4) is 0 Å². The van der Waals surface area contributed by atoms with Crippen molar-refractivity contribution in [3.05, 3.63) is 58.7 Å². The van der Waals surface area contributed by atoms with Crippen LogP contribution in [0.1, 0.15) is 46.3 Å². The Morgan fingerprint density at radius 3 is 2.37 bits per heavy atom. The molecule has 0 radical (unpaired) electrons. The summed E-state index contributed by atoms with van der Waals surface area (Å²) in [4.78, 5) is 13.0. The number of aryl methyl sites for hydroxylation is 2. The number of sulfonamides is 1. The van der Waals surface area contributed by atoms with Crippen LogP contribution in [0.4, 0.5) is 5.69 Å². The van der Waals surface area contributed by atoms with Gasteiger partial charge >= 0.3 is 0 Å². The van der Waals surface area contributed by atoms with Crippen molar-refractivity contribution in [2.75, 3.05) is 18.4 Å². The molecule has 1 amide bonds. The van der Waals surface area contributed by atoms with Crippen LogP contribution in [0.3, 0.4) is 0 Å². The number of piperidine rings is 1. The van der Waals surface area contributed by atoms with Gasteiger partial charge in [0.05, 0.1) is 4.90 Å². The van der Waals surface area contributed by atoms with Gasteiger partial charge in [-0.15, -0.1) is 0 Å². The highest BCUT2D eigenvalue weighted by Gasteiger charge is 2.26. The predicted molar refractivity (Wildman–Crippen MR) is 108 cm³/mol. The van der Waals surface area contributed by atoms with Crippen LogP contribution in [0, 0.1) is 20.8 Å². The summed E-state index contributed by atoms with van der Waals surface area (Å²) >= 11 is 0. The van der Waals surface area contributed by atoms with Crippen molar-refractivity contribution in [1.82, 2.24) is 4.31 Å². The molecule has 0 aliphatic carbocycles. The fraction of sp³-hybridized carbons (Fsp3) is 0.381. The first-order chi connectivity index (χ1) is 12.8. The molecule has 0 unspecified atom stereocenters. The zero-order chi connectivity index (χ0) is 19.6. The summed E-state index contributed by atoms with van der Waals surface area (Å²) in [5, 5.41) is 2.89. The van der Waals surface area contributed by atoms with Crippen molar-refractivity contribution >= 4 is 21.6 Å². The molecule has 0 atom stereocenters. The molecule has 2 aromatic rings. The number of amides is 1. The molecular formula is C21H26N2O3S. The topological polar surface area (TPSA) is 66.5 Å². The molecule has 0 aromatic heterocycles. The average Bonchev–Trinajstić information content (AvgIpc) is 2.66. The first kappa shape index (κ1) is 19.6. The van der Waals surface area contributed by atoms with E-state index in [0.717, 1.165) is 36.0 Å². The van der Waals surface area contributed by atoms with Crippen LogP contribution in [0.2, 0.25) is 0 Å². The summed E-state index contributed by atoms with van der Waals surface area (Å²) < 4.78 is 27.4. The summed E-state index contributed by atoms with van der Waals surface area (Å²) in [6.07, 6.45) is 2.85. The Labute approximate surface area is 161 Å². The molecule has 1 aliphatic rings. The van der Waals surface area contributed by atoms with E-state index in [1.54, 1.807) is 24.3 Å². The molecule has 1 fully saturated rings. The van der Waals surface area contributed by atoms with E-state index < -0.39 is 10.0 Å². The maximum absolute atomic E-state index is 12.9. The van der Waals surface area contributed by atoms with Gasteiger partial charge in [0.1, 0.15) is 0 Å². The van der Waals surface area contributed by atoms with Crippen LogP contribution in [0.15, 0.2) is 41.3 Å². The van der Waals surface area contributed by atoms with Crippen LogP contribution in [0.25, 0.3) is 0 Å². The SMILES string of the molecule is Cc1ccc(S(=O)(=O)N2CCCCC2)cc1NC(=O)c1cccc(C)c1C. The lowest BCUT2D eigenvalue weighted by Crippen LogP contribution is -2.35. The lowest BCUT2D eigenvalue weighted by molar-refractivity contribution is 0.102. The number of carbonyl (C=O) groups is 1. The van der Waals surface area contributed by atoms with E-state index in [2.05, 4.69) is 5.32 Å².